The van der Waals surface area contributed by atoms with Crippen LogP contribution in [0.3, 0.4) is 0 Å². The van der Waals surface area contributed by atoms with Crippen LogP contribution in [0, 0.1) is 6.92 Å². The van der Waals surface area contributed by atoms with Gasteiger partial charge in [0.15, 0.2) is 0 Å². The van der Waals surface area contributed by atoms with Gasteiger partial charge in [0.1, 0.15) is 5.82 Å². The first-order valence-corrected chi connectivity index (χ1v) is 7.02. The average molecular weight is 275 g/mol. The van der Waals surface area contributed by atoms with Crippen LogP contribution < -0.4 is 10.6 Å². The highest BCUT2D eigenvalue weighted by Gasteiger charge is 2.02. The van der Waals surface area contributed by atoms with Crippen LogP contribution in [0.15, 0.2) is 42.6 Å². The number of para-hydroxylation sites is 1. The maximum absolute atomic E-state index is 11.5. The number of carbonyl (C=O) groups is 1. The maximum Gasteiger partial charge on any atom is 0.324 e. The van der Waals surface area contributed by atoms with Crippen LogP contribution in [0.25, 0.3) is 0 Å². The molecule has 0 bridgehead atoms. The van der Waals surface area contributed by atoms with Crippen molar-refractivity contribution in [2.75, 3.05) is 10.6 Å². The van der Waals surface area contributed by atoms with Gasteiger partial charge in [-0.1, -0.05) is 45.9 Å². The summed E-state index contributed by atoms with van der Waals surface area (Å²) in [6.07, 6.45) is 1.83. The minimum Gasteiger partial charge on any atom is -0.348 e. The number of aromatic nitrogens is 1. The Hall–Kier alpha value is -2.23. The molecule has 2 amide bonds. The van der Waals surface area contributed by atoms with E-state index in [1.54, 1.807) is 0 Å². The second-order valence-electron chi connectivity index (χ2n) is 3.54. The summed E-state index contributed by atoms with van der Waals surface area (Å²) in [5.74, 6) is 0.686. The lowest BCUT2D eigenvalue weighted by molar-refractivity contribution is 0.262. The van der Waals surface area contributed by atoms with E-state index in [1.807, 2.05) is 77.2 Å². The SMILES string of the molecule is CC.CC.Cc1c[nH]c(NC(=O)Nc2ccccc2)c1. The Labute approximate surface area is 121 Å². The van der Waals surface area contributed by atoms with Gasteiger partial charge >= 0.3 is 6.03 Å². The zero-order valence-electron chi connectivity index (χ0n) is 12.9. The molecule has 2 aromatic rings. The predicted molar refractivity (Wildman–Crippen MR) is 87.3 cm³/mol. The van der Waals surface area contributed by atoms with E-state index in [9.17, 15) is 4.79 Å². The van der Waals surface area contributed by atoms with Crippen molar-refractivity contribution in [3.8, 4) is 0 Å². The van der Waals surface area contributed by atoms with Crippen LogP contribution in [0.4, 0.5) is 16.3 Å². The molecule has 0 aliphatic heterocycles. The predicted octanol–water partition coefficient (Wildman–Crippen LogP) is 5.02. The average Bonchev–Trinajstić information content (AvgIpc) is 2.89. The van der Waals surface area contributed by atoms with Crippen molar-refractivity contribution in [2.45, 2.75) is 34.6 Å². The van der Waals surface area contributed by atoms with Crippen molar-refractivity contribution < 1.29 is 4.79 Å². The van der Waals surface area contributed by atoms with Crippen LogP contribution >= 0.6 is 0 Å². The molecule has 4 heteroatoms. The second kappa shape index (κ2) is 10.7. The summed E-state index contributed by atoms with van der Waals surface area (Å²) in [6, 6.07) is 10.9. The monoisotopic (exact) mass is 275 g/mol. The molecule has 1 aromatic carbocycles. The molecule has 3 N–H and O–H groups in total. The van der Waals surface area contributed by atoms with E-state index in [0.717, 1.165) is 11.3 Å². The standard InChI is InChI=1S/C12H13N3O.2C2H6/c1-9-7-11(13-8-9)15-12(16)14-10-5-3-2-4-6-10;2*1-2/h2-8,13H,1H3,(H2,14,15,16);2*1-2H3. The Morgan fingerprint density at radius 2 is 1.60 bits per heavy atom. The fourth-order valence-corrected chi connectivity index (χ4v) is 1.38. The highest BCUT2D eigenvalue weighted by molar-refractivity contribution is 5.99. The largest absolute Gasteiger partial charge is 0.348 e. The number of hydrogen-bond donors (Lipinski definition) is 3. The van der Waals surface area contributed by atoms with Crippen molar-refractivity contribution in [3.63, 3.8) is 0 Å². The highest BCUT2D eigenvalue weighted by atomic mass is 16.2. The van der Waals surface area contributed by atoms with Gasteiger partial charge in [-0.05, 0) is 30.7 Å². The molecule has 1 heterocycles. The Morgan fingerprint density at radius 1 is 1.00 bits per heavy atom. The van der Waals surface area contributed by atoms with Crippen LogP contribution in [0.5, 0.6) is 0 Å². The van der Waals surface area contributed by atoms with Gasteiger partial charge in [-0.25, -0.2) is 4.79 Å². The Morgan fingerprint density at radius 3 is 2.10 bits per heavy atom. The van der Waals surface area contributed by atoms with E-state index in [4.69, 9.17) is 0 Å². The molecule has 0 spiro atoms. The van der Waals surface area contributed by atoms with E-state index < -0.39 is 0 Å². The molecule has 0 atom stereocenters. The third-order valence-corrected chi connectivity index (χ3v) is 2.11. The number of nitrogens with one attached hydrogen (secondary N) is 3. The number of urea groups is 1. The Bertz CT molecular complexity index is 477. The molecule has 1 aromatic heterocycles. The third kappa shape index (κ3) is 6.64. The third-order valence-electron chi connectivity index (χ3n) is 2.11. The van der Waals surface area contributed by atoms with Gasteiger partial charge in [0.2, 0.25) is 0 Å². The van der Waals surface area contributed by atoms with Crippen molar-refractivity contribution in [1.82, 2.24) is 4.98 Å². The molecular formula is C16H25N3O. The molecule has 2 rings (SSSR count). The first-order valence-electron chi connectivity index (χ1n) is 7.02. The number of benzene rings is 1. The summed E-state index contributed by atoms with van der Waals surface area (Å²) < 4.78 is 0. The number of H-pyrrole nitrogens is 1. The van der Waals surface area contributed by atoms with E-state index in [1.165, 1.54) is 0 Å². The fourth-order valence-electron chi connectivity index (χ4n) is 1.38. The smallest absolute Gasteiger partial charge is 0.324 e. The lowest BCUT2D eigenvalue weighted by Crippen LogP contribution is -2.19. The van der Waals surface area contributed by atoms with Gasteiger partial charge in [-0.3, -0.25) is 5.32 Å². The van der Waals surface area contributed by atoms with Gasteiger partial charge in [-0.2, -0.15) is 0 Å². The summed E-state index contributed by atoms with van der Waals surface area (Å²) in [7, 11) is 0. The molecule has 110 valence electrons. The van der Waals surface area contributed by atoms with E-state index in [-0.39, 0.29) is 6.03 Å². The van der Waals surface area contributed by atoms with Crippen LogP contribution in [-0.2, 0) is 0 Å². The Balaban J connectivity index is 0.000000829. The molecule has 0 saturated heterocycles. The molecule has 0 fully saturated rings. The van der Waals surface area contributed by atoms with E-state index in [0.29, 0.717) is 5.82 Å². The van der Waals surface area contributed by atoms with Gasteiger partial charge in [0, 0.05) is 11.9 Å². The summed E-state index contributed by atoms with van der Waals surface area (Å²) in [6.45, 7) is 9.96. The lowest BCUT2D eigenvalue weighted by atomic mass is 10.3. The second-order valence-corrected chi connectivity index (χ2v) is 3.54. The number of aromatic amines is 1. The number of anilines is 2. The number of amides is 2. The molecular weight excluding hydrogens is 250 g/mol. The van der Waals surface area contributed by atoms with Gasteiger partial charge < -0.3 is 10.3 Å². The normalized spacial score (nSPS) is 8.45. The number of aryl methyl sites for hydroxylation is 1. The van der Waals surface area contributed by atoms with Crippen LogP contribution in [0.2, 0.25) is 0 Å². The van der Waals surface area contributed by atoms with Crippen LogP contribution in [0.1, 0.15) is 33.3 Å². The first kappa shape index (κ1) is 17.8. The minimum atomic E-state index is -0.256. The zero-order valence-corrected chi connectivity index (χ0v) is 12.9. The van der Waals surface area contributed by atoms with E-state index in [2.05, 4.69) is 15.6 Å². The molecule has 20 heavy (non-hydrogen) atoms. The van der Waals surface area contributed by atoms with Gasteiger partial charge in [-0.15, -0.1) is 0 Å². The zero-order chi connectivity index (χ0) is 15.4. The lowest BCUT2D eigenvalue weighted by Gasteiger charge is -2.05. The summed E-state index contributed by atoms with van der Waals surface area (Å²) in [5.41, 5.74) is 1.85. The number of carbonyl (C=O) groups excluding carboxylic acids is 1. The fraction of sp³-hybridized carbons (Fsp3) is 0.312. The molecule has 0 aliphatic rings. The summed E-state index contributed by atoms with van der Waals surface area (Å²) >= 11 is 0. The molecule has 0 aliphatic carbocycles. The van der Waals surface area contributed by atoms with Crippen LogP contribution in [-0.4, -0.2) is 11.0 Å². The van der Waals surface area contributed by atoms with Crippen molar-refractivity contribution in [1.29, 1.82) is 0 Å². The molecule has 0 saturated carbocycles. The van der Waals surface area contributed by atoms with Gasteiger partial charge in [0.05, 0.1) is 0 Å². The highest BCUT2D eigenvalue weighted by Crippen LogP contribution is 2.09. The maximum atomic E-state index is 11.5. The van der Waals surface area contributed by atoms with Crippen molar-refractivity contribution in [3.05, 3.63) is 48.2 Å². The van der Waals surface area contributed by atoms with Crippen molar-refractivity contribution in [2.24, 2.45) is 0 Å². The topological polar surface area (TPSA) is 56.9 Å². The minimum absolute atomic E-state index is 0.256. The van der Waals surface area contributed by atoms with E-state index >= 15 is 0 Å². The van der Waals surface area contributed by atoms with Gasteiger partial charge in [0.25, 0.3) is 0 Å². The molecule has 4 nitrogen and oxygen atoms in total. The molecule has 0 unspecified atom stereocenters. The molecule has 0 radical (unpaired) electrons. The summed E-state index contributed by atoms with van der Waals surface area (Å²) in [5, 5.41) is 5.44. The quantitative estimate of drug-likeness (QED) is 0.708. The number of hydrogen-bond acceptors (Lipinski definition) is 1. The Kier molecular flexibility index (Phi) is 9.48. The van der Waals surface area contributed by atoms with Crippen molar-refractivity contribution >= 4 is 17.5 Å². The number of rotatable bonds is 2. The summed E-state index contributed by atoms with van der Waals surface area (Å²) in [4.78, 5) is 14.5. The first-order chi connectivity index (χ1) is 9.74.